The molecule has 0 saturated heterocycles. The van der Waals surface area contributed by atoms with Gasteiger partial charge in [-0.25, -0.2) is 0 Å². The number of benzene rings is 1. The van der Waals surface area contributed by atoms with Gasteiger partial charge in [0.2, 0.25) is 0 Å². The number of hydrogen-bond donors (Lipinski definition) is 1. The summed E-state index contributed by atoms with van der Waals surface area (Å²) in [4.78, 5) is 0. The highest BCUT2D eigenvalue weighted by Crippen LogP contribution is 2.42. The molecule has 0 bridgehead atoms. The van der Waals surface area contributed by atoms with Crippen LogP contribution in [0.5, 0.6) is 5.75 Å². The minimum absolute atomic E-state index is 0.655. The monoisotopic (exact) mass is 206 g/mol. The van der Waals surface area contributed by atoms with Gasteiger partial charge in [0.15, 0.2) is 0 Å². The Kier molecular flexibility index (Phi) is 2.70. The summed E-state index contributed by atoms with van der Waals surface area (Å²) < 4.78 is 5.32. The van der Waals surface area contributed by atoms with Crippen LogP contribution in [-0.4, -0.2) is 12.2 Å². The summed E-state index contributed by atoms with van der Waals surface area (Å²) in [6.45, 7) is 2.04. The van der Waals surface area contributed by atoms with E-state index >= 15 is 0 Å². The lowest BCUT2D eigenvalue weighted by molar-refractivity contribution is 0.0419. The Morgan fingerprint density at radius 1 is 1.27 bits per heavy atom. The van der Waals surface area contributed by atoms with Gasteiger partial charge in [-0.05, 0) is 31.9 Å². The minimum Gasteiger partial charge on any atom is -0.496 e. The zero-order valence-electron chi connectivity index (χ0n) is 9.42. The van der Waals surface area contributed by atoms with Crippen LogP contribution in [0.4, 0.5) is 0 Å². The van der Waals surface area contributed by atoms with Gasteiger partial charge in [-0.2, -0.15) is 0 Å². The van der Waals surface area contributed by atoms with Crippen LogP contribution in [0.15, 0.2) is 18.2 Å². The molecular formula is C13H18O2. The van der Waals surface area contributed by atoms with Gasteiger partial charge in [-0.1, -0.05) is 24.5 Å². The molecule has 1 fully saturated rings. The standard InChI is InChI=1S/C13H18O2/c1-10-5-6-12(15-2)11(9-10)13(14)7-3-4-8-13/h5-6,9,14H,3-4,7-8H2,1-2H3. The molecule has 0 spiro atoms. The SMILES string of the molecule is COc1ccc(C)cc1C1(O)CCCC1. The molecular weight excluding hydrogens is 188 g/mol. The number of methoxy groups -OCH3 is 1. The van der Waals surface area contributed by atoms with E-state index in [1.54, 1.807) is 7.11 Å². The summed E-state index contributed by atoms with van der Waals surface area (Å²) in [6.07, 6.45) is 3.92. The van der Waals surface area contributed by atoms with E-state index in [0.717, 1.165) is 37.0 Å². The van der Waals surface area contributed by atoms with Crippen molar-refractivity contribution < 1.29 is 9.84 Å². The first-order chi connectivity index (χ1) is 7.15. The fourth-order valence-corrected chi connectivity index (χ4v) is 2.41. The van der Waals surface area contributed by atoms with Gasteiger partial charge in [0.05, 0.1) is 12.7 Å². The molecule has 82 valence electrons. The average Bonchev–Trinajstić information content (AvgIpc) is 2.66. The van der Waals surface area contributed by atoms with Crippen LogP contribution in [0, 0.1) is 6.92 Å². The zero-order valence-corrected chi connectivity index (χ0v) is 9.42. The molecule has 15 heavy (non-hydrogen) atoms. The molecule has 1 aromatic carbocycles. The average molecular weight is 206 g/mol. The predicted octanol–water partition coefficient (Wildman–Crippen LogP) is 2.77. The van der Waals surface area contributed by atoms with Crippen LogP contribution >= 0.6 is 0 Å². The van der Waals surface area contributed by atoms with E-state index in [1.165, 1.54) is 5.56 Å². The van der Waals surface area contributed by atoms with E-state index in [2.05, 4.69) is 0 Å². The Labute approximate surface area is 90.9 Å². The molecule has 2 heteroatoms. The molecule has 0 aromatic heterocycles. The molecule has 1 aliphatic rings. The summed E-state index contributed by atoms with van der Waals surface area (Å²) in [6, 6.07) is 6.01. The number of aryl methyl sites for hydroxylation is 1. The third-order valence-electron chi connectivity index (χ3n) is 3.29. The third kappa shape index (κ3) is 1.86. The first kappa shape index (κ1) is 10.5. The lowest BCUT2D eigenvalue weighted by atomic mass is 9.90. The van der Waals surface area contributed by atoms with Crippen molar-refractivity contribution in [3.8, 4) is 5.75 Å². The first-order valence-corrected chi connectivity index (χ1v) is 5.53. The molecule has 1 aliphatic carbocycles. The maximum atomic E-state index is 10.5. The maximum absolute atomic E-state index is 10.5. The second-order valence-electron chi connectivity index (χ2n) is 4.44. The molecule has 0 radical (unpaired) electrons. The molecule has 0 aliphatic heterocycles. The molecule has 1 aromatic rings. The van der Waals surface area contributed by atoms with Crippen molar-refractivity contribution in [3.05, 3.63) is 29.3 Å². The minimum atomic E-state index is -0.655. The zero-order chi connectivity index (χ0) is 10.9. The van der Waals surface area contributed by atoms with Gasteiger partial charge in [0.1, 0.15) is 5.75 Å². The lowest BCUT2D eigenvalue weighted by Crippen LogP contribution is -2.21. The Hall–Kier alpha value is -1.02. The van der Waals surface area contributed by atoms with Crippen LogP contribution in [0.2, 0.25) is 0 Å². The maximum Gasteiger partial charge on any atom is 0.124 e. The third-order valence-corrected chi connectivity index (χ3v) is 3.29. The fourth-order valence-electron chi connectivity index (χ4n) is 2.41. The van der Waals surface area contributed by atoms with Gasteiger partial charge < -0.3 is 9.84 Å². The van der Waals surface area contributed by atoms with Crippen molar-refractivity contribution in [1.82, 2.24) is 0 Å². The highest BCUT2D eigenvalue weighted by Gasteiger charge is 2.35. The van der Waals surface area contributed by atoms with Crippen LogP contribution in [0.3, 0.4) is 0 Å². The number of ether oxygens (including phenoxy) is 1. The number of hydrogen-bond acceptors (Lipinski definition) is 2. The Morgan fingerprint density at radius 3 is 2.53 bits per heavy atom. The van der Waals surface area contributed by atoms with Crippen molar-refractivity contribution in [2.45, 2.75) is 38.2 Å². The molecule has 0 atom stereocenters. The summed E-state index contributed by atoms with van der Waals surface area (Å²) in [7, 11) is 1.66. The Bertz CT molecular complexity index is 352. The summed E-state index contributed by atoms with van der Waals surface area (Å²) in [5.41, 5.74) is 1.48. The topological polar surface area (TPSA) is 29.5 Å². The summed E-state index contributed by atoms with van der Waals surface area (Å²) in [5.74, 6) is 0.810. The lowest BCUT2D eigenvalue weighted by Gasteiger charge is -2.25. The van der Waals surface area contributed by atoms with Crippen LogP contribution in [0.25, 0.3) is 0 Å². The van der Waals surface area contributed by atoms with E-state index in [4.69, 9.17) is 4.74 Å². The molecule has 0 amide bonds. The van der Waals surface area contributed by atoms with E-state index in [9.17, 15) is 5.11 Å². The Balaban J connectivity index is 2.44. The van der Waals surface area contributed by atoms with Crippen molar-refractivity contribution in [3.63, 3.8) is 0 Å². The first-order valence-electron chi connectivity index (χ1n) is 5.53. The number of rotatable bonds is 2. The predicted molar refractivity (Wildman–Crippen MR) is 60.1 cm³/mol. The second kappa shape index (κ2) is 3.86. The Morgan fingerprint density at radius 2 is 1.93 bits per heavy atom. The van der Waals surface area contributed by atoms with Crippen LogP contribution in [-0.2, 0) is 5.60 Å². The van der Waals surface area contributed by atoms with Gasteiger partial charge >= 0.3 is 0 Å². The van der Waals surface area contributed by atoms with Gasteiger partial charge in [0, 0.05) is 5.56 Å². The number of aliphatic hydroxyl groups is 1. The van der Waals surface area contributed by atoms with Gasteiger partial charge in [-0.3, -0.25) is 0 Å². The van der Waals surface area contributed by atoms with Gasteiger partial charge in [0.25, 0.3) is 0 Å². The van der Waals surface area contributed by atoms with Crippen LogP contribution < -0.4 is 4.74 Å². The molecule has 1 N–H and O–H groups in total. The molecule has 0 heterocycles. The molecule has 0 unspecified atom stereocenters. The quantitative estimate of drug-likeness (QED) is 0.806. The van der Waals surface area contributed by atoms with Crippen LogP contribution in [0.1, 0.15) is 36.8 Å². The van der Waals surface area contributed by atoms with Gasteiger partial charge in [-0.15, -0.1) is 0 Å². The van der Waals surface area contributed by atoms with E-state index in [0.29, 0.717) is 0 Å². The largest absolute Gasteiger partial charge is 0.496 e. The molecule has 1 saturated carbocycles. The van der Waals surface area contributed by atoms with E-state index in [1.807, 2.05) is 25.1 Å². The summed E-state index contributed by atoms with van der Waals surface area (Å²) in [5, 5.41) is 10.5. The molecule has 2 rings (SSSR count). The highest BCUT2D eigenvalue weighted by atomic mass is 16.5. The fraction of sp³-hybridized carbons (Fsp3) is 0.538. The molecule has 2 nitrogen and oxygen atoms in total. The van der Waals surface area contributed by atoms with E-state index in [-0.39, 0.29) is 0 Å². The highest BCUT2D eigenvalue weighted by molar-refractivity contribution is 5.41. The van der Waals surface area contributed by atoms with Crippen molar-refractivity contribution >= 4 is 0 Å². The normalized spacial score (nSPS) is 19.1. The second-order valence-corrected chi connectivity index (χ2v) is 4.44. The van der Waals surface area contributed by atoms with Crippen molar-refractivity contribution in [2.24, 2.45) is 0 Å². The van der Waals surface area contributed by atoms with Crippen molar-refractivity contribution in [1.29, 1.82) is 0 Å². The smallest absolute Gasteiger partial charge is 0.124 e. The van der Waals surface area contributed by atoms with Crippen molar-refractivity contribution in [2.75, 3.05) is 7.11 Å². The summed E-state index contributed by atoms with van der Waals surface area (Å²) >= 11 is 0. The van der Waals surface area contributed by atoms with E-state index < -0.39 is 5.60 Å².